The lowest BCUT2D eigenvalue weighted by molar-refractivity contribution is 0.103. The molecule has 3 nitrogen and oxygen atoms in total. The minimum Gasteiger partial charge on any atom is -0.494 e. The summed E-state index contributed by atoms with van der Waals surface area (Å²) in [6.45, 7) is 0. The second-order valence-corrected chi connectivity index (χ2v) is 3.42. The fourth-order valence-electron chi connectivity index (χ4n) is 1.47. The van der Waals surface area contributed by atoms with Gasteiger partial charge in [0.15, 0.2) is 17.3 Å². The Morgan fingerprint density at radius 1 is 1.29 bits per heavy atom. The van der Waals surface area contributed by atoms with E-state index in [1.54, 1.807) is 18.3 Å². The van der Waals surface area contributed by atoms with Crippen LogP contribution in [0.3, 0.4) is 0 Å². The molecule has 0 spiro atoms. The number of ether oxygens (including phenoxy) is 1. The van der Waals surface area contributed by atoms with E-state index in [1.807, 2.05) is 0 Å². The molecule has 17 heavy (non-hydrogen) atoms. The molecule has 4 heteroatoms. The first-order valence-electron chi connectivity index (χ1n) is 5.00. The van der Waals surface area contributed by atoms with Gasteiger partial charge in [-0.1, -0.05) is 0 Å². The van der Waals surface area contributed by atoms with Gasteiger partial charge >= 0.3 is 0 Å². The van der Waals surface area contributed by atoms with E-state index in [0.29, 0.717) is 5.56 Å². The Kier molecular flexibility index (Phi) is 3.14. The molecule has 0 saturated heterocycles. The number of halogens is 1. The largest absolute Gasteiger partial charge is 0.494 e. The number of methoxy groups -OCH3 is 1. The minimum absolute atomic E-state index is 0.118. The highest BCUT2D eigenvalue weighted by molar-refractivity contribution is 6.08. The van der Waals surface area contributed by atoms with Gasteiger partial charge in [0.05, 0.1) is 7.11 Å². The van der Waals surface area contributed by atoms with Gasteiger partial charge < -0.3 is 4.74 Å². The number of aromatic nitrogens is 1. The Bertz CT molecular complexity index is 540. The van der Waals surface area contributed by atoms with Crippen LogP contribution in [0.25, 0.3) is 0 Å². The van der Waals surface area contributed by atoms with Crippen molar-refractivity contribution in [3.63, 3.8) is 0 Å². The van der Waals surface area contributed by atoms with Crippen molar-refractivity contribution in [2.24, 2.45) is 0 Å². The van der Waals surface area contributed by atoms with Crippen molar-refractivity contribution in [2.75, 3.05) is 7.11 Å². The predicted octanol–water partition coefficient (Wildman–Crippen LogP) is 2.46. The van der Waals surface area contributed by atoms with Gasteiger partial charge in [0.2, 0.25) is 0 Å². The number of hydrogen-bond donors (Lipinski definition) is 0. The maximum absolute atomic E-state index is 13.4. The summed E-state index contributed by atoms with van der Waals surface area (Å²) >= 11 is 0. The summed E-state index contributed by atoms with van der Waals surface area (Å²) in [6.07, 6.45) is 3.02. The summed E-state index contributed by atoms with van der Waals surface area (Å²) in [6, 6.07) is 7.41. The van der Waals surface area contributed by atoms with E-state index >= 15 is 0 Å². The van der Waals surface area contributed by atoms with Gasteiger partial charge in [0.25, 0.3) is 0 Å². The van der Waals surface area contributed by atoms with Crippen molar-refractivity contribution in [3.8, 4) is 5.75 Å². The predicted molar refractivity (Wildman–Crippen MR) is 60.6 cm³/mol. The standard InChI is InChI=1S/C13H10FNO2/c1-17-12-5-4-9(7-11(12)14)13(16)10-3-2-6-15-8-10/h2-8H,1H3. The Balaban J connectivity index is 2.35. The number of carbonyl (C=O) groups is 1. The first kappa shape index (κ1) is 11.3. The zero-order valence-corrected chi connectivity index (χ0v) is 9.18. The highest BCUT2D eigenvalue weighted by Gasteiger charge is 2.11. The van der Waals surface area contributed by atoms with Gasteiger partial charge in [-0.25, -0.2) is 4.39 Å². The monoisotopic (exact) mass is 231 g/mol. The molecule has 0 bridgehead atoms. The molecule has 1 aromatic heterocycles. The molecule has 0 amide bonds. The highest BCUT2D eigenvalue weighted by Crippen LogP contribution is 2.19. The molecule has 2 rings (SSSR count). The Hall–Kier alpha value is -2.23. The van der Waals surface area contributed by atoms with Crippen LogP contribution in [0.2, 0.25) is 0 Å². The summed E-state index contributed by atoms with van der Waals surface area (Å²) in [5, 5.41) is 0. The van der Waals surface area contributed by atoms with E-state index in [1.165, 1.54) is 25.4 Å². The van der Waals surface area contributed by atoms with Crippen LogP contribution in [0, 0.1) is 5.82 Å². The highest BCUT2D eigenvalue weighted by atomic mass is 19.1. The van der Waals surface area contributed by atoms with Crippen LogP contribution in [-0.4, -0.2) is 17.9 Å². The van der Waals surface area contributed by atoms with E-state index in [9.17, 15) is 9.18 Å². The Morgan fingerprint density at radius 2 is 2.12 bits per heavy atom. The van der Waals surface area contributed by atoms with E-state index in [0.717, 1.165) is 6.07 Å². The van der Waals surface area contributed by atoms with E-state index in [-0.39, 0.29) is 17.1 Å². The lowest BCUT2D eigenvalue weighted by atomic mass is 10.0. The maximum Gasteiger partial charge on any atom is 0.194 e. The van der Waals surface area contributed by atoms with Crippen LogP contribution >= 0.6 is 0 Å². The lowest BCUT2D eigenvalue weighted by Crippen LogP contribution is -2.02. The third-order valence-electron chi connectivity index (χ3n) is 2.34. The molecule has 0 radical (unpaired) electrons. The number of carbonyl (C=O) groups excluding carboxylic acids is 1. The van der Waals surface area contributed by atoms with Crippen molar-refractivity contribution < 1.29 is 13.9 Å². The van der Waals surface area contributed by atoms with Crippen LogP contribution in [-0.2, 0) is 0 Å². The first-order valence-corrected chi connectivity index (χ1v) is 5.00. The van der Waals surface area contributed by atoms with Crippen molar-refractivity contribution in [1.29, 1.82) is 0 Å². The number of ketones is 1. The average Bonchev–Trinajstić information content (AvgIpc) is 2.39. The fourth-order valence-corrected chi connectivity index (χ4v) is 1.47. The normalized spacial score (nSPS) is 10.0. The van der Waals surface area contributed by atoms with E-state index < -0.39 is 5.82 Å². The number of pyridine rings is 1. The molecular weight excluding hydrogens is 221 g/mol. The molecule has 0 aliphatic carbocycles. The topological polar surface area (TPSA) is 39.2 Å². The average molecular weight is 231 g/mol. The van der Waals surface area contributed by atoms with Crippen LogP contribution < -0.4 is 4.74 Å². The molecule has 2 aromatic rings. The van der Waals surface area contributed by atoms with E-state index in [4.69, 9.17) is 4.74 Å². The molecule has 1 aromatic carbocycles. The van der Waals surface area contributed by atoms with E-state index in [2.05, 4.69) is 4.98 Å². The number of nitrogens with zero attached hydrogens (tertiary/aromatic N) is 1. The summed E-state index contributed by atoms with van der Waals surface area (Å²) in [5.41, 5.74) is 0.702. The number of hydrogen-bond acceptors (Lipinski definition) is 3. The molecule has 0 aliphatic rings. The van der Waals surface area contributed by atoms with Crippen LogP contribution in [0.1, 0.15) is 15.9 Å². The third kappa shape index (κ3) is 2.30. The Morgan fingerprint density at radius 3 is 2.71 bits per heavy atom. The molecule has 0 saturated carbocycles. The zero-order valence-electron chi connectivity index (χ0n) is 9.18. The van der Waals surface area contributed by atoms with Crippen LogP contribution in [0.5, 0.6) is 5.75 Å². The van der Waals surface area contributed by atoms with Crippen molar-refractivity contribution >= 4 is 5.78 Å². The molecule has 1 heterocycles. The quantitative estimate of drug-likeness (QED) is 0.762. The number of rotatable bonds is 3. The van der Waals surface area contributed by atoms with Gasteiger partial charge in [-0.15, -0.1) is 0 Å². The fraction of sp³-hybridized carbons (Fsp3) is 0.0769. The SMILES string of the molecule is COc1ccc(C(=O)c2cccnc2)cc1F. The van der Waals surface area contributed by atoms with Gasteiger partial charge in [-0.3, -0.25) is 9.78 Å². The van der Waals surface area contributed by atoms with Crippen molar-refractivity contribution in [2.45, 2.75) is 0 Å². The molecule has 0 atom stereocenters. The summed E-state index contributed by atoms with van der Waals surface area (Å²) in [4.78, 5) is 15.8. The number of benzene rings is 1. The molecule has 0 fully saturated rings. The van der Waals surface area contributed by atoms with Gasteiger partial charge in [0.1, 0.15) is 0 Å². The van der Waals surface area contributed by atoms with Gasteiger partial charge in [0, 0.05) is 23.5 Å². The van der Waals surface area contributed by atoms with Gasteiger partial charge in [-0.2, -0.15) is 0 Å². The summed E-state index contributed by atoms with van der Waals surface area (Å²) in [7, 11) is 1.38. The minimum atomic E-state index is -0.553. The second-order valence-electron chi connectivity index (χ2n) is 3.42. The molecular formula is C13H10FNO2. The third-order valence-corrected chi connectivity index (χ3v) is 2.34. The zero-order chi connectivity index (χ0) is 12.3. The van der Waals surface area contributed by atoms with Crippen molar-refractivity contribution in [1.82, 2.24) is 4.98 Å². The smallest absolute Gasteiger partial charge is 0.194 e. The summed E-state index contributed by atoms with van der Waals surface area (Å²) < 4.78 is 18.2. The maximum atomic E-state index is 13.4. The van der Waals surface area contributed by atoms with Crippen LogP contribution in [0.15, 0.2) is 42.7 Å². The molecule has 86 valence electrons. The van der Waals surface area contributed by atoms with Crippen LogP contribution in [0.4, 0.5) is 4.39 Å². The Labute approximate surface area is 97.9 Å². The van der Waals surface area contributed by atoms with Crippen molar-refractivity contribution in [3.05, 3.63) is 59.7 Å². The summed E-state index contributed by atoms with van der Waals surface area (Å²) in [5.74, 6) is -0.699. The van der Waals surface area contributed by atoms with Gasteiger partial charge in [-0.05, 0) is 30.3 Å². The molecule has 0 aliphatic heterocycles. The lowest BCUT2D eigenvalue weighted by Gasteiger charge is -2.04. The molecule has 0 unspecified atom stereocenters. The molecule has 0 N–H and O–H groups in total. The second kappa shape index (κ2) is 4.74. The first-order chi connectivity index (χ1) is 8.22.